The molecular weight excluding hydrogens is 400 g/mol. The van der Waals surface area contributed by atoms with E-state index >= 15 is 0 Å². The third-order valence-electron chi connectivity index (χ3n) is 4.51. The molecule has 0 aliphatic carbocycles. The highest BCUT2D eigenvalue weighted by Crippen LogP contribution is 2.18. The largest absolute Gasteiger partial charge is 0.487 e. The number of aryl methyl sites for hydroxylation is 1. The zero-order valence-electron chi connectivity index (χ0n) is 16.3. The molecule has 8 heteroatoms. The molecule has 0 atom stereocenters. The molecule has 7 nitrogen and oxygen atoms in total. The Kier molecular flexibility index (Phi) is 5.76. The highest BCUT2D eigenvalue weighted by Gasteiger charge is 2.11. The number of para-hydroxylation sites is 1. The number of nitrogens with zero attached hydrogens (tertiary/aromatic N) is 1. The number of amides is 2. The summed E-state index contributed by atoms with van der Waals surface area (Å²) in [5.41, 5.74) is 8.02. The summed E-state index contributed by atoms with van der Waals surface area (Å²) in [5.74, 6) is -0.0591. The smallest absolute Gasteiger partial charge is 0.269 e. The van der Waals surface area contributed by atoms with Crippen molar-refractivity contribution in [2.45, 2.75) is 20.0 Å². The number of aromatic nitrogens is 2. The molecular formula is C22H20N4O3S. The van der Waals surface area contributed by atoms with E-state index in [1.165, 1.54) is 0 Å². The molecule has 0 unspecified atom stereocenters. The normalized spacial score (nSPS) is 10.7. The molecule has 0 aliphatic rings. The van der Waals surface area contributed by atoms with Crippen molar-refractivity contribution in [3.05, 3.63) is 81.9 Å². The van der Waals surface area contributed by atoms with Gasteiger partial charge in [0.05, 0.1) is 17.1 Å². The number of hydrazine groups is 1. The number of fused-ring (bicyclic) bond motifs is 1. The first-order valence-electron chi connectivity index (χ1n) is 9.36. The predicted octanol–water partition coefficient (Wildman–Crippen LogP) is 3.52. The van der Waals surface area contributed by atoms with E-state index < -0.39 is 5.91 Å². The molecule has 0 aliphatic heterocycles. The Hall–Kier alpha value is -3.65. The van der Waals surface area contributed by atoms with Crippen LogP contribution in [0.2, 0.25) is 0 Å². The van der Waals surface area contributed by atoms with Crippen LogP contribution in [0.4, 0.5) is 0 Å². The van der Waals surface area contributed by atoms with Gasteiger partial charge < -0.3 is 9.72 Å². The number of hydrogen-bond donors (Lipinski definition) is 3. The Balaban J connectivity index is 1.27. The molecule has 2 aromatic heterocycles. The van der Waals surface area contributed by atoms with Gasteiger partial charge in [0.15, 0.2) is 0 Å². The van der Waals surface area contributed by atoms with E-state index in [2.05, 4.69) is 20.8 Å². The first-order chi connectivity index (χ1) is 14.6. The number of carbonyl (C=O) groups is 2. The lowest BCUT2D eigenvalue weighted by molar-refractivity contribution is -0.121. The topological polar surface area (TPSA) is 96.1 Å². The molecule has 0 spiro atoms. The van der Waals surface area contributed by atoms with Crippen LogP contribution in [0.15, 0.2) is 60.1 Å². The molecule has 2 heterocycles. The summed E-state index contributed by atoms with van der Waals surface area (Å²) in [6, 6.07) is 14.5. The van der Waals surface area contributed by atoms with Gasteiger partial charge in [-0.25, -0.2) is 4.98 Å². The molecule has 0 fully saturated rings. The zero-order valence-corrected chi connectivity index (χ0v) is 17.1. The van der Waals surface area contributed by atoms with Crippen molar-refractivity contribution in [3.8, 4) is 5.75 Å². The van der Waals surface area contributed by atoms with Gasteiger partial charge in [0.25, 0.3) is 5.91 Å². The summed E-state index contributed by atoms with van der Waals surface area (Å²) in [7, 11) is 0. The van der Waals surface area contributed by atoms with Gasteiger partial charge in [-0.05, 0) is 42.8 Å². The maximum Gasteiger partial charge on any atom is 0.269 e. The summed E-state index contributed by atoms with van der Waals surface area (Å²) in [5, 5.41) is 3.94. The third-order valence-corrected chi connectivity index (χ3v) is 5.33. The Labute approximate surface area is 177 Å². The highest BCUT2D eigenvalue weighted by molar-refractivity contribution is 7.09. The fraction of sp³-hybridized carbons (Fsp3) is 0.136. The minimum absolute atomic E-state index is 0.160. The second-order valence-corrected chi connectivity index (χ2v) is 7.77. The van der Waals surface area contributed by atoms with Gasteiger partial charge >= 0.3 is 0 Å². The van der Waals surface area contributed by atoms with E-state index in [-0.39, 0.29) is 12.3 Å². The second-order valence-electron chi connectivity index (χ2n) is 6.71. The molecule has 0 radical (unpaired) electrons. The molecule has 4 aromatic rings. The summed E-state index contributed by atoms with van der Waals surface area (Å²) >= 11 is 1.57. The number of hydrogen-bond acceptors (Lipinski definition) is 5. The van der Waals surface area contributed by atoms with Crippen molar-refractivity contribution in [2.75, 3.05) is 0 Å². The number of benzene rings is 2. The molecule has 30 heavy (non-hydrogen) atoms. The summed E-state index contributed by atoms with van der Waals surface area (Å²) in [6.45, 7) is 2.32. The number of rotatable bonds is 6. The molecule has 0 saturated carbocycles. The van der Waals surface area contributed by atoms with Crippen LogP contribution in [0, 0.1) is 6.92 Å². The molecule has 4 rings (SSSR count). The van der Waals surface area contributed by atoms with Gasteiger partial charge in [0, 0.05) is 28.0 Å². The Morgan fingerprint density at radius 2 is 1.90 bits per heavy atom. The number of carbonyl (C=O) groups excluding carboxylic acids is 2. The fourth-order valence-electron chi connectivity index (χ4n) is 3.03. The number of aromatic amines is 1. The quantitative estimate of drug-likeness (QED) is 0.416. The lowest BCUT2D eigenvalue weighted by Crippen LogP contribution is -2.42. The van der Waals surface area contributed by atoms with Crippen LogP contribution in [0.1, 0.15) is 26.6 Å². The number of H-pyrrole nitrogens is 1. The molecule has 0 bridgehead atoms. The van der Waals surface area contributed by atoms with Crippen molar-refractivity contribution < 1.29 is 14.3 Å². The van der Waals surface area contributed by atoms with Crippen LogP contribution in [0.3, 0.4) is 0 Å². The Morgan fingerprint density at radius 1 is 1.10 bits per heavy atom. The third kappa shape index (κ3) is 4.66. The SMILES string of the molecule is Cc1nc(COc2ccc(C(=O)NNC(=O)Cc3c[nH]c4ccccc34)cc2)cs1. The van der Waals surface area contributed by atoms with Gasteiger partial charge in [0.1, 0.15) is 12.4 Å². The maximum atomic E-state index is 12.3. The van der Waals surface area contributed by atoms with Gasteiger partial charge in [-0.1, -0.05) is 18.2 Å². The van der Waals surface area contributed by atoms with Gasteiger partial charge in [-0.15, -0.1) is 11.3 Å². The van der Waals surface area contributed by atoms with Crippen LogP contribution < -0.4 is 15.6 Å². The lowest BCUT2D eigenvalue weighted by Gasteiger charge is -2.08. The van der Waals surface area contributed by atoms with E-state index in [1.807, 2.05) is 36.6 Å². The number of nitrogens with one attached hydrogen (secondary N) is 3. The predicted molar refractivity (Wildman–Crippen MR) is 115 cm³/mol. The fourth-order valence-corrected chi connectivity index (χ4v) is 3.63. The van der Waals surface area contributed by atoms with E-state index in [0.29, 0.717) is 17.9 Å². The van der Waals surface area contributed by atoms with Crippen molar-refractivity contribution >= 4 is 34.1 Å². The van der Waals surface area contributed by atoms with Crippen molar-refractivity contribution in [1.29, 1.82) is 0 Å². The maximum absolute atomic E-state index is 12.3. The van der Waals surface area contributed by atoms with E-state index in [0.717, 1.165) is 27.2 Å². The van der Waals surface area contributed by atoms with Gasteiger partial charge in [-0.3, -0.25) is 20.4 Å². The van der Waals surface area contributed by atoms with E-state index in [9.17, 15) is 9.59 Å². The molecule has 152 valence electrons. The van der Waals surface area contributed by atoms with Crippen LogP contribution in [0.5, 0.6) is 5.75 Å². The monoisotopic (exact) mass is 420 g/mol. The van der Waals surface area contributed by atoms with E-state index in [4.69, 9.17) is 4.74 Å². The Morgan fingerprint density at radius 3 is 2.67 bits per heavy atom. The molecule has 3 N–H and O–H groups in total. The number of ether oxygens (including phenoxy) is 1. The minimum Gasteiger partial charge on any atom is -0.487 e. The van der Waals surface area contributed by atoms with Crippen molar-refractivity contribution in [2.24, 2.45) is 0 Å². The van der Waals surface area contributed by atoms with Gasteiger partial charge in [-0.2, -0.15) is 0 Å². The first-order valence-corrected chi connectivity index (χ1v) is 10.2. The lowest BCUT2D eigenvalue weighted by atomic mass is 10.1. The average Bonchev–Trinajstić information content (AvgIpc) is 3.37. The summed E-state index contributed by atoms with van der Waals surface area (Å²) in [6.07, 6.45) is 1.96. The minimum atomic E-state index is -0.399. The van der Waals surface area contributed by atoms with Crippen LogP contribution in [0.25, 0.3) is 10.9 Å². The standard InChI is InChI=1S/C22H20N4O3S/c1-14-24-17(13-30-14)12-29-18-8-6-15(7-9-18)22(28)26-25-21(27)10-16-11-23-20-5-3-2-4-19(16)20/h2-9,11,13,23H,10,12H2,1H3,(H,25,27)(H,26,28). The van der Waals surface area contributed by atoms with Crippen molar-refractivity contribution in [3.63, 3.8) is 0 Å². The highest BCUT2D eigenvalue weighted by atomic mass is 32.1. The van der Waals surface area contributed by atoms with Crippen LogP contribution in [-0.4, -0.2) is 21.8 Å². The van der Waals surface area contributed by atoms with Crippen molar-refractivity contribution in [1.82, 2.24) is 20.8 Å². The van der Waals surface area contributed by atoms with Crippen LogP contribution in [-0.2, 0) is 17.8 Å². The second kappa shape index (κ2) is 8.79. The van der Waals surface area contributed by atoms with E-state index in [1.54, 1.807) is 41.8 Å². The molecule has 2 aromatic carbocycles. The zero-order chi connectivity index (χ0) is 20.9. The van der Waals surface area contributed by atoms with Crippen LogP contribution >= 0.6 is 11.3 Å². The Bertz CT molecular complexity index is 1180. The first kappa shape index (κ1) is 19.7. The average molecular weight is 420 g/mol. The summed E-state index contributed by atoms with van der Waals surface area (Å²) < 4.78 is 5.67. The molecule has 2 amide bonds. The summed E-state index contributed by atoms with van der Waals surface area (Å²) in [4.78, 5) is 31.9. The number of thiazole rings is 1. The van der Waals surface area contributed by atoms with Gasteiger partial charge in [0.2, 0.25) is 5.91 Å². The molecule has 0 saturated heterocycles.